The van der Waals surface area contributed by atoms with Crippen LogP contribution in [0.5, 0.6) is 0 Å². The molecular formula is C11H6BrClN2. The molecule has 2 nitrogen and oxygen atoms in total. The monoisotopic (exact) mass is 280 g/mol. The summed E-state index contributed by atoms with van der Waals surface area (Å²) in [6.45, 7) is 1.94. The highest BCUT2D eigenvalue weighted by Gasteiger charge is 2.08. The Morgan fingerprint density at radius 3 is 2.87 bits per heavy atom. The summed E-state index contributed by atoms with van der Waals surface area (Å²) in [7, 11) is 0. The number of rotatable bonds is 0. The minimum absolute atomic E-state index is 0.392. The fraction of sp³-hybridized carbons (Fsp3) is 0.0909. The Balaban J connectivity index is 2.91. The number of aryl methyl sites for hydroxylation is 1. The highest BCUT2D eigenvalue weighted by Crippen LogP contribution is 2.31. The van der Waals surface area contributed by atoms with Crippen molar-refractivity contribution in [3.63, 3.8) is 0 Å². The molecular weight excluding hydrogens is 275 g/mol. The van der Waals surface area contributed by atoms with Gasteiger partial charge in [0, 0.05) is 9.86 Å². The summed E-state index contributed by atoms with van der Waals surface area (Å²) >= 11 is 9.56. The molecule has 0 saturated carbocycles. The number of benzene rings is 1. The van der Waals surface area contributed by atoms with Crippen LogP contribution in [0.3, 0.4) is 0 Å². The smallest absolute Gasteiger partial charge is 0.141 e. The molecule has 0 saturated heterocycles. The molecule has 0 bridgehead atoms. The van der Waals surface area contributed by atoms with Crippen LogP contribution in [0.1, 0.15) is 11.3 Å². The van der Waals surface area contributed by atoms with Gasteiger partial charge in [-0.2, -0.15) is 5.26 Å². The SMILES string of the molecule is Cc1cc(Br)c2nc(C#N)ccc2c1Cl. The fourth-order valence-electron chi connectivity index (χ4n) is 1.41. The van der Waals surface area contributed by atoms with Gasteiger partial charge in [-0.1, -0.05) is 11.6 Å². The van der Waals surface area contributed by atoms with Gasteiger partial charge in [-0.15, -0.1) is 0 Å². The van der Waals surface area contributed by atoms with Gasteiger partial charge in [-0.3, -0.25) is 0 Å². The van der Waals surface area contributed by atoms with Gasteiger partial charge in [0.25, 0.3) is 0 Å². The maximum absolute atomic E-state index is 8.75. The number of pyridine rings is 1. The average Bonchev–Trinajstić information content (AvgIpc) is 2.25. The number of fused-ring (bicyclic) bond motifs is 1. The molecule has 1 heterocycles. The standard InChI is InChI=1S/C11H6BrClN2/c1-6-4-9(12)11-8(10(6)13)3-2-7(5-14)15-11/h2-4H,1H3. The summed E-state index contributed by atoms with van der Waals surface area (Å²) in [6.07, 6.45) is 0. The van der Waals surface area contributed by atoms with Crippen molar-refractivity contribution < 1.29 is 0 Å². The number of hydrogen-bond acceptors (Lipinski definition) is 2. The topological polar surface area (TPSA) is 36.7 Å². The van der Waals surface area contributed by atoms with Crippen LogP contribution in [-0.4, -0.2) is 4.98 Å². The van der Waals surface area contributed by atoms with E-state index in [9.17, 15) is 0 Å². The van der Waals surface area contributed by atoms with Gasteiger partial charge < -0.3 is 0 Å². The molecule has 0 aliphatic carbocycles. The molecule has 1 aromatic heterocycles. The van der Waals surface area contributed by atoms with Crippen LogP contribution in [0.4, 0.5) is 0 Å². The first-order valence-corrected chi connectivity index (χ1v) is 5.46. The Morgan fingerprint density at radius 1 is 1.47 bits per heavy atom. The molecule has 0 atom stereocenters. The van der Waals surface area contributed by atoms with E-state index in [2.05, 4.69) is 20.9 Å². The molecule has 0 aliphatic heterocycles. The van der Waals surface area contributed by atoms with Crippen molar-refractivity contribution in [2.24, 2.45) is 0 Å². The highest BCUT2D eigenvalue weighted by atomic mass is 79.9. The lowest BCUT2D eigenvalue weighted by Gasteiger charge is -2.05. The fourth-order valence-corrected chi connectivity index (χ4v) is 2.27. The molecule has 2 rings (SSSR count). The molecule has 0 N–H and O–H groups in total. The van der Waals surface area contributed by atoms with Crippen LogP contribution in [0.25, 0.3) is 10.9 Å². The zero-order chi connectivity index (χ0) is 11.0. The Kier molecular flexibility index (Phi) is 2.64. The number of aromatic nitrogens is 1. The second kappa shape index (κ2) is 3.80. The van der Waals surface area contributed by atoms with Crippen LogP contribution in [0, 0.1) is 18.3 Å². The largest absolute Gasteiger partial charge is 0.236 e. The molecule has 4 heteroatoms. The molecule has 0 fully saturated rings. The number of nitrogens with zero attached hydrogens (tertiary/aromatic N) is 2. The van der Waals surface area contributed by atoms with Crippen molar-refractivity contribution in [2.45, 2.75) is 6.92 Å². The van der Waals surface area contributed by atoms with E-state index in [1.54, 1.807) is 6.07 Å². The third kappa shape index (κ3) is 1.71. The number of nitriles is 1. The maximum Gasteiger partial charge on any atom is 0.141 e. The molecule has 0 spiro atoms. The summed E-state index contributed by atoms with van der Waals surface area (Å²) in [6, 6.07) is 7.39. The number of halogens is 2. The van der Waals surface area contributed by atoms with Gasteiger partial charge >= 0.3 is 0 Å². The maximum atomic E-state index is 8.75. The first-order chi connectivity index (χ1) is 7.13. The molecule has 0 unspecified atom stereocenters. The van der Waals surface area contributed by atoms with Crippen molar-refractivity contribution in [3.05, 3.63) is 39.0 Å². The first kappa shape index (κ1) is 10.4. The van der Waals surface area contributed by atoms with Crippen molar-refractivity contribution in [2.75, 3.05) is 0 Å². The van der Waals surface area contributed by atoms with Crippen LogP contribution >= 0.6 is 27.5 Å². The van der Waals surface area contributed by atoms with E-state index in [-0.39, 0.29) is 0 Å². The molecule has 2 aromatic rings. The lowest BCUT2D eigenvalue weighted by Crippen LogP contribution is -1.88. The molecule has 74 valence electrons. The van der Waals surface area contributed by atoms with E-state index in [0.717, 1.165) is 20.9 Å². The number of hydrogen-bond donors (Lipinski definition) is 0. The lowest BCUT2D eigenvalue weighted by atomic mass is 10.1. The van der Waals surface area contributed by atoms with Gasteiger partial charge in [0.05, 0.1) is 10.5 Å². The third-order valence-corrected chi connectivity index (χ3v) is 3.27. The van der Waals surface area contributed by atoms with Crippen molar-refractivity contribution >= 4 is 38.4 Å². The lowest BCUT2D eigenvalue weighted by molar-refractivity contribution is 1.31. The quantitative estimate of drug-likeness (QED) is 0.736. The molecule has 0 radical (unpaired) electrons. The Morgan fingerprint density at radius 2 is 2.20 bits per heavy atom. The van der Waals surface area contributed by atoms with E-state index in [1.165, 1.54) is 0 Å². The summed E-state index contributed by atoms with van der Waals surface area (Å²) in [5, 5.41) is 10.3. The Hall–Kier alpha value is -1.11. The normalized spacial score (nSPS) is 10.3. The van der Waals surface area contributed by atoms with Gasteiger partial charge in [0.15, 0.2) is 0 Å². The highest BCUT2D eigenvalue weighted by molar-refractivity contribution is 9.10. The van der Waals surface area contributed by atoms with E-state index in [4.69, 9.17) is 16.9 Å². The second-order valence-corrected chi connectivity index (χ2v) is 4.43. The van der Waals surface area contributed by atoms with Gasteiger partial charge in [0.1, 0.15) is 11.8 Å². The molecule has 0 amide bonds. The summed E-state index contributed by atoms with van der Waals surface area (Å²) < 4.78 is 0.858. The van der Waals surface area contributed by atoms with E-state index < -0.39 is 0 Å². The van der Waals surface area contributed by atoms with Gasteiger partial charge in [0.2, 0.25) is 0 Å². The van der Waals surface area contributed by atoms with Crippen LogP contribution in [0.15, 0.2) is 22.7 Å². The zero-order valence-corrected chi connectivity index (χ0v) is 10.2. The van der Waals surface area contributed by atoms with Crippen LogP contribution < -0.4 is 0 Å². The van der Waals surface area contributed by atoms with Crippen molar-refractivity contribution in [1.82, 2.24) is 4.98 Å². The summed E-state index contributed by atoms with van der Waals surface area (Å²) in [5.74, 6) is 0. The predicted molar refractivity (Wildman–Crippen MR) is 63.9 cm³/mol. The van der Waals surface area contributed by atoms with Crippen molar-refractivity contribution in [1.29, 1.82) is 5.26 Å². The van der Waals surface area contributed by atoms with Crippen molar-refractivity contribution in [3.8, 4) is 6.07 Å². The summed E-state index contributed by atoms with van der Waals surface area (Å²) in [4.78, 5) is 4.20. The molecule has 15 heavy (non-hydrogen) atoms. The van der Waals surface area contributed by atoms with Gasteiger partial charge in [-0.25, -0.2) is 4.98 Å². The first-order valence-electron chi connectivity index (χ1n) is 4.29. The molecule has 0 aliphatic rings. The van der Waals surface area contributed by atoms with E-state index >= 15 is 0 Å². The predicted octanol–water partition coefficient (Wildman–Crippen LogP) is 3.83. The third-order valence-electron chi connectivity index (χ3n) is 2.16. The van der Waals surface area contributed by atoms with Crippen LogP contribution in [-0.2, 0) is 0 Å². The Bertz CT molecular complexity index is 587. The minimum atomic E-state index is 0.392. The molecule has 1 aromatic carbocycles. The zero-order valence-electron chi connectivity index (χ0n) is 7.88. The minimum Gasteiger partial charge on any atom is -0.236 e. The second-order valence-electron chi connectivity index (χ2n) is 3.19. The van der Waals surface area contributed by atoms with E-state index in [0.29, 0.717) is 10.7 Å². The van der Waals surface area contributed by atoms with E-state index in [1.807, 2.05) is 25.1 Å². The summed E-state index contributed by atoms with van der Waals surface area (Å²) in [5.41, 5.74) is 2.11. The van der Waals surface area contributed by atoms with Gasteiger partial charge in [-0.05, 0) is 46.6 Å². The van der Waals surface area contributed by atoms with Crippen LogP contribution in [0.2, 0.25) is 5.02 Å². The Labute approximate surface area is 101 Å². The average molecular weight is 282 g/mol.